The van der Waals surface area contributed by atoms with Crippen molar-refractivity contribution in [3.8, 4) is 67.8 Å². The second-order valence-corrected chi connectivity index (χ2v) is 36.9. The Labute approximate surface area is 811 Å². The van der Waals surface area contributed by atoms with Gasteiger partial charge in [-0.25, -0.2) is 54.8 Å². The molecule has 0 amide bonds. The lowest BCUT2D eigenvalue weighted by Gasteiger charge is -2.24. The van der Waals surface area contributed by atoms with Gasteiger partial charge in [-0.15, -0.1) is 45.3 Å². The minimum absolute atomic E-state index is 0.0263. The Kier molecular flexibility index (Phi) is 25.5. The van der Waals surface area contributed by atoms with Crippen molar-refractivity contribution in [3.63, 3.8) is 0 Å². The molecule has 4 atom stereocenters. The number of fused-ring (bicyclic) bond motifs is 8. The third kappa shape index (κ3) is 17.9. The van der Waals surface area contributed by atoms with Crippen molar-refractivity contribution in [1.29, 1.82) is 0 Å². The van der Waals surface area contributed by atoms with E-state index in [1.54, 1.807) is 153 Å². The number of pyridine rings is 9. The average molecular weight is 1930 g/mol. The first-order chi connectivity index (χ1) is 68.3. The zero-order chi connectivity index (χ0) is 96.3. The van der Waals surface area contributed by atoms with Gasteiger partial charge in [-0.1, -0.05) is 108 Å². The van der Waals surface area contributed by atoms with Crippen LogP contribution >= 0.6 is 45.3 Å². The molecule has 0 aliphatic carbocycles. The highest BCUT2D eigenvalue weighted by molar-refractivity contribution is 7.17. The van der Waals surface area contributed by atoms with Crippen molar-refractivity contribution in [1.82, 2.24) is 103 Å². The number of ether oxygens (including phenoxy) is 1. The number of hydrogen-bond acceptors (Lipinski definition) is 31. The van der Waals surface area contributed by atoms with Gasteiger partial charge in [0.05, 0.1) is 117 Å². The van der Waals surface area contributed by atoms with Gasteiger partial charge in [0.25, 0.3) is 22.2 Å². The molecule has 0 aliphatic rings. The molecule has 0 spiro atoms. The summed E-state index contributed by atoms with van der Waals surface area (Å²) in [5.74, 6) is 3.47. The minimum Gasteiger partial charge on any atom is -0.467 e. The van der Waals surface area contributed by atoms with Crippen LogP contribution in [0, 0.1) is 6.92 Å². The maximum atomic E-state index is 14.2. The van der Waals surface area contributed by atoms with E-state index in [2.05, 4.69) is 115 Å². The molecule has 0 saturated heterocycles. The molecule has 692 valence electrons. The van der Waals surface area contributed by atoms with Crippen molar-refractivity contribution in [2.24, 2.45) is 7.05 Å². The van der Waals surface area contributed by atoms with Gasteiger partial charge in [0.15, 0.2) is 29.1 Å². The van der Waals surface area contributed by atoms with E-state index in [1.165, 1.54) is 30.3 Å². The second kappa shape index (κ2) is 39.3. The topological polar surface area (TPSA) is 388 Å². The first-order valence-electron chi connectivity index (χ1n) is 44.5. The van der Waals surface area contributed by atoms with E-state index in [1.807, 2.05) is 213 Å². The van der Waals surface area contributed by atoms with Crippen LogP contribution in [-0.2, 0) is 13.5 Å². The molecule has 0 radical (unpaired) electrons. The molecule has 5 aromatic carbocycles. The lowest BCUT2D eigenvalue weighted by atomic mass is 9.95. The molecular weight excluding hydrogens is 1840 g/mol. The van der Waals surface area contributed by atoms with Crippen LogP contribution in [0.4, 0.5) is 17.5 Å². The monoisotopic (exact) mass is 1920 g/mol. The Morgan fingerprint density at radius 2 is 0.814 bits per heavy atom. The number of nitrogens with one attached hydrogen (secondary N) is 3. The Morgan fingerprint density at radius 1 is 0.386 bits per heavy atom. The van der Waals surface area contributed by atoms with E-state index in [4.69, 9.17) is 13.8 Å². The lowest BCUT2D eigenvalue weighted by Crippen LogP contribution is -2.28. The summed E-state index contributed by atoms with van der Waals surface area (Å²) in [5.41, 5.74) is 21.2. The number of rotatable bonds is 21. The molecule has 18 aromatic heterocycles. The molecule has 0 aliphatic heterocycles. The van der Waals surface area contributed by atoms with Gasteiger partial charge in [-0.05, 0) is 170 Å². The Bertz CT molecular complexity index is 8880. The molecular formula is C104H84N24O8S4. The van der Waals surface area contributed by atoms with Crippen LogP contribution in [0.1, 0.15) is 106 Å². The zero-order valence-electron chi connectivity index (χ0n) is 76.5. The van der Waals surface area contributed by atoms with E-state index in [-0.39, 0.29) is 63.9 Å². The van der Waals surface area contributed by atoms with Crippen LogP contribution < -0.4 is 48.5 Å². The summed E-state index contributed by atoms with van der Waals surface area (Å²) in [6.07, 6.45) is 22.5. The van der Waals surface area contributed by atoms with Gasteiger partial charge in [-0.2, -0.15) is 10.2 Å². The van der Waals surface area contributed by atoms with Gasteiger partial charge < -0.3 is 38.9 Å². The molecule has 0 unspecified atom stereocenters. The van der Waals surface area contributed by atoms with E-state index in [0.717, 1.165) is 119 Å². The van der Waals surface area contributed by atoms with Gasteiger partial charge >= 0.3 is 6.01 Å². The number of hydrogen-bond donors (Lipinski definition) is 3. The van der Waals surface area contributed by atoms with Crippen molar-refractivity contribution >= 4 is 147 Å². The van der Waals surface area contributed by atoms with Gasteiger partial charge in [-0.3, -0.25) is 42.7 Å². The van der Waals surface area contributed by atoms with E-state index in [0.29, 0.717) is 85.4 Å². The third-order valence-electron chi connectivity index (χ3n) is 24.1. The summed E-state index contributed by atoms with van der Waals surface area (Å²) in [6, 6.07) is 56.9. The predicted molar refractivity (Wildman–Crippen MR) is 550 cm³/mol. The maximum Gasteiger partial charge on any atom is 0.316 e. The molecule has 0 bridgehead atoms. The minimum atomic E-state index is -0.313. The number of nitrogens with zero attached hydrogens (tertiary/aromatic N) is 21. The first kappa shape index (κ1) is 90.7. The number of para-hydroxylation sites is 1. The van der Waals surface area contributed by atoms with Gasteiger partial charge in [0.2, 0.25) is 5.56 Å². The van der Waals surface area contributed by atoms with E-state index >= 15 is 0 Å². The molecule has 32 nitrogen and oxygen atoms in total. The summed E-state index contributed by atoms with van der Waals surface area (Å²) < 4.78 is 27.8. The third-order valence-corrected chi connectivity index (χ3v) is 27.3. The molecule has 36 heteroatoms. The quantitative estimate of drug-likeness (QED) is 0.0601. The molecule has 0 saturated carbocycles. The molecule has 23 rings (SSSR count). The van der Waals surface area contributed by atoms with Crippen LogP contribution in [-0.4, -0.2) is 110 Å². The molecule has 23 aromatic rings. The fourth-order valence-corrected chi connectivity index (χ4v) is 20.3. The number of thiazole rings is 4. The summed E-state index contributed by atoms with van der Waals surface area (Å²) in [7, 11) is 3.22. The van der Waals surface area contributed by atoms with Gasteiger partial charge in [0.1, 0.15) is 40.4 Å². The van der Waals surface area contributed by atoms with E-state index < -0.39 is 0 Å². The zero-order valence-corrected chi connectivity index (χ0v) is 79.8. The number of anilines is 3. The van der Waals surface area contributed by atoms with Crippen molar-refractivity contribution < 1.29 is 13.8 Å². The fraction of sp³-hybridized carbons (Fsp3) is 0.144. The first-order valence-corrected chi connectivity index (χ1v) is 48.0. The Hall–Kier alpha value is -17.1. The van der Waals surface area contributed by atoms with Crippen LogP contribution in [0.25, 0.3) is 146 Å². The van der Waals surface area contributed by atoms with Crippen LogP contribution in [0.2, 0.25) is 0 Å². The van der Waals surface area contributed by atoms with Crippen molar-refractivity contribution in [3.05, 3.63) is 371 Å². The van der Waals surface area contributed by atoms with Gasteiger partial charge in [0, 0.05) is 127 Å². The van der Waals surface area contributed by atoms with Crippen LogP contribution in [0.3, 0.4) is 0 Å². The molecule has 0 fully saturated rings. The number of aromatic nitrogens is 21. The molecule has 18 heterocycles. The average Bonchev–Trinajstić information content (AvgIpc) is 0.962. The number of benzene rings is 5. The smallest absolute Gasteiger partial charge is 0.316 e. The predicted octanol–water partition coefficient (Wildman–Crippen LogP) is 20.5. The SMILES string of the molecule is CC(C)n1c([C@H](C)Nc2nccc3scnc23)cc2cccc(-c3ccc(=O)n(C)c3)c2c1=O.COc1ncc(-c2cccc3cc([C@H](C)Nc4nccc5scnc45)n(-c4ccon4)c(=O)c23)cn1.C[C@H](Cc1nccc2scnc12)c1cc2cccc(-c3ccnnc3)c2c(=O)n1-c1ccccc1.Cc1ncc(-c2cccc3cc([C@H](C)Nc4nccc5scnc45)n(-c4ccon4)c(=O)c23)cn1. The van der Waals surface area contributed by atoms with Crippen LogP contribution in [0.5, 0.6) is 6.01 Å². The normalized spacial score (nSPS) is 12.3. The fourth-order valence-electron chi connectivity index (χ4n) is 17.5. The lowest BCUT2D eigenvalue weighted by molar-refractivity contribution is 0.380. The molecule has 3 N–H and O–H groups in total. The Morgan fingerprint density at radius 3 is 1.27 bits per heavy atom. The van der Waals surface area contributed by atoms with Crippen molar-refractivity contribution in [2.45, 2.75) is 85.0 Å². The maximum absolute atomic E-state index is 14.2. The number of aryl methyl sites for hydroxylation is 2. The summed E-state index contributed by atoms with van der Waals surface area (Å²) in [6.45, 7) is 14.0. The van der Waals surface area contributed by atoms with E-state index in [9.17, 15) is 24.0 Å². The van der Waals surface area contributed by atoms with Crippen LogP contribution in [0.15, 0.2) is 318 Å². The number of methoxy groups -OCH3 is 1. The summed E-state index contributed by atoms with van der Waals surface area (Å²) in [4.78, 5) is 121. The highest BCUT2D eigenvalue weighted by atomic mass is 32.1. The standard InChI is InChI=1S/C28H21N5OS.C26H25N5O2S.C25H19N7O3S.C25H19N7O2S/c1-18(14-23-27-25(11-12-29-23)35-17-30-27)24-15-19-6-5-9-22(20-10-13-31-32-16-20)26(19)28(34)33(24)21-7-3-2-4-8-21;1-15(2)31-20(16(3)29-25-24-21(10-11-27-25)34-14-28-24)12-17-6-5-7-19(23(17)26(31)33)18-8-9-22(32)30(4)13-18;1-14(30-23-22-19(6-8-26-23)36-13-29-22)18-10-15-4-3-5-17(16-11-27-25(34-2)28-12-16)21(15)24(33)32(18)20-7-9-35-31-20;1-14(30-24-23-20(6-8-26-24)35-13-29-23)19-10-16-4-3-5-18(17-11-27-15(2)28-12-17)22(16)25(33)32(19)21-7-9-34-31-21/h2-13,15-18H,14H2,1H3;5-16H,1-4H3,(H,27,29);3-14H,1-2H3,(H,26,30);3-14H,1-2H3,(H,26,30)/t18-;16-;2*14-/m1000/s1. The largest absolute Gasteiger partial charge is 0.467 e. The highest BCUT2D eigenvalue weighted by Gasteiger charge is 2.28. The van der Waals surface area contributed by atoms with Crippen molar-refractivity contribution in [2.75, 3.05) is 23.1 Å². The molecule has 140 heavy (non-hydrogen) atoms. The highest BCUT2D eigenvalue weighted by Crippen LogP contribution is 2.39. The second-order valence-electron chi connectivity index (χ2n) is 33.3. The summed E-state index contributed by atoms with van der Waals surface area (Å²) >= 11 is 6.28. The Balaban J connectivity index is 0.000000115. The summed E-state index contributed by atoms with van der Waals surface area (Å²) in [5, 5.41) is 32.1.